The van der Waals surface area contributed by atoms with Gasteiger partial charge in [0.15, 0.2) is 0 Å². The van der Waals surface area contributed by atoms with E-state index in [9.17, 15) is 0 Å². The highest BCUT2D eigenvalue weighted by Gasteiger charge is 2.10. The average molecular weight is 484 g/mol. The summed E-state index contributed by atoms with van der Waals surface area (Å²) in [6.07, 6.45) is 2.98. The minimum atomic E-state index is 0. The lowest BCUT2D eigenvalue weighted by Gasteiger charge is -2.23. The Bertz CT molecular complexity index is 891. The quantitative estimate of drug-likeness (QED) is 0.323. The molecule has 3 aromatic carbocycles. The molecule has 0 aliphatic rings. The maximum absolute atomic E-state index is 6.19. The van der Waals surface area contributed by atoms with Gasteiger partial charge in [0.25, 0.3) is 0 Å². The molecule has 3 rings (SSSR count). The number of rotatable bonds is 9. The molecule has 0 saturated carbocycles. The molecule has 3 aromatic rings. The molecule has 0 aliphatic heterocycles. The summed E-state index contributed by atoms with van der Waals surface area (Å²) in [6, 6.07) is 22.5. The maximum Gasteiger partial charge on any atom is 0.0693 e. The van der Waals surface area contributed by atoms with Gasteiger partial charge in [0, 0.05) is 18.1 Å². The van der Waals surface area contributed by atoms with Crippen molar-refractivity contribution in [2.75, 3.05) is 18.8 Å². The molecule has 0 atom stereocenters. The van der Waals surface area contributed by atoms with E-state index in [1.54, 1.807) is 0 Å². The first-order chi connectivity index (χ1) is 14.0. The highest BCUT2D eigenvalue weighted by molar-refractivity contribution is 6.38. The zero-order valence-corrected chi connectivity index (χ0v) is 19.7. The van der Waals surface area contributed by atoms with Crippen LogP contribution >= 0.6 is 47.2 Å². The molecule has 6 heteroatoms. The molecule has 0 radical (unpaired) electrons. The van der Waals surface area contributed by atoms with Crippen molar-refractivity contribution in [3.05, 3.63) is 98.5 Å². The van der Waals surface area contributed by atoms with Crippen LogP contribution in [0, 0.1) is 0 Å². The summed E-state index contributed by atoms with van der Waals surface area (Å²) < 4.78 is 0. The van der Waals surface area contributed by atoms with Gasteiger partial charge in [0.1, 0.15) is 0 Å². The lowest BCUT2D eigenvalue weighted by Crippen LogP contribution is -2.27. The third-order valence-electron chi connectivity index (χ3n) is 4.96. The molecule has 0 spiro atoms. The SMILES string of the molecule is Cl.Nc1c(Cl)cc(CCN(CCCc2ccc(Cl)cc2)Cc2ccccc2)cc1Cl. The van der Waals surface area contributed by atoms with Gasteiger partial charge in [-0.25, -0.2) is 0 Å². The van der Waals surface area contributed by atoms with Crippen molar-refractivity contribution in [3.63, 3.8) is 0 Å². The number of nitrogen functional groups attached to an aromatic ring is 1. The molecule has 0 heterocycles. The summed E-state index contributed by atoms with van der Waals surface area (Å²) in [5.41, 5.74) is 10.0. The van der Waals surface area contributed by atoms with Crippen LogP contribution in [0.5, 0.6) is 0 Å². The summed E-state index contributed by atoms with van der Waals surface area (Å²) in [5.74, 6) is 0. The van der Waals surface area contributed by atoms with Gasteiger partial charge >= 0.3 is 0 Å². The Hall–Kier alpha value is -1.42. The summed E-state index contributed by atoms with van der Waals surface area (Å²) in [6.45, 7) is 2.85. The largest absolute Gasteiger partial charge is 0.396 e. The molecule has 0 fully saturated rings. The van der Waals surface area contributed by atoms with Crippen molar-refractivity contribution < 1.29 is 0 Å². The van der Waals surface area contributed by atoms with Crippen molar-refractivity contribution >= 4 is 52.9 Å². The zero-order chi connectivity index (χ0) is 20.6. The van der Waals surface area contributed by atoms with E-state index in [2.05, 4.69) is 41.3 Å². The normalized spacial score (nSPS) is 10.8. The first-order valence-electron chi connectivity index (χ1n) is 9.75. The van der Waals surface area contributed by atoms with Crippen molar-refractivity contribution in [1.82, 2.24) is 4.90 Å². The Balaban J connectivity index is 0.00000320. The molecule has 0 bridgehead atoms. The lowest BCUT2D eigenvalue weighted by atomic mass is 10.1. The van der Waals surface area contributed by atoms with Gasteiger partial charge in [-0.2, -0.15) is 0 Å². The lowest BCUT2D eigenvalue weighted by molar-refractivity contribution is 0.265. The van der Waals surface area contributed by atoms with Crippen LogP contribution in [-0.4, -0.2) is 18.0 Å². The number of nitrogens with two attached hydrogens (primary N) is 1. The van der Waals surface area contributed by atoms with Gasteiger partial charge in [0.05, 0.1) is 15.7 Å². The number of halogens is 4. The summed E-state index contributed by atoms with van der Waals surface area (Å²) in [5, 5.41) is 1.81. The van der Waals surface area contributed by atoms with Crippen molar-refractivity contribution in [2.24, 2.45) is 0 Å². The summed E-state index contributed by atoms with van der Waals surface area (Å²) >= 11 is 18.4. The maximum atomic E-state index is 6.19. The Labute approximate surface area is 200 Å². The van der Waals surface area contributed by atoms with Crippen molar-refractivity contribution in [1.29, 1.82) is 0 Å². The van der Waals surface area contributed by atoms with Crippen LogP contribution in [-0.2, 0) is 19.4 Å². The molecule has 0 unspecified atom stereocenters. The van der Waals surface area contributed by atoms with E-state index in [0.29, 0.717) is 15.7 Å². The van der Waals surface area contributed by atoms with E-state index in [1.807, 2.05) is 30.3 Å². The summed E-state index contributed by atoms with van der Waals surface area (Å²) in [7, 11) is 0. The van der Waals surface area contributed by atoms with Crippen LogP contribution in [0.2, 0.25) is 15.1 Å². The zero-order valence-electron chi connectivity index (χ0n) is 16.7. The van der Waals surface area contributed by atoms with E-state index in [0.717, 1.165) is 49.5 Å². The monoisotopic (exact) mass is 482 g/mol. The predicted octanol–water partition coefficient (Wildman–Crippen LogP) is 7.33. The van der Waals surface area contributed by atoms with E-state index in [-0.39, 0.29) is 12.4 Å². The van der Waals surface area contributed by atoms with Crippen LogP contribution in [0.3, 0.4) is 0 Å². The Morgan fingerprint density at radius 1 is 0.700 bits per heavy atom. The highest BCUT2D eigenvalue weighted by atomic mass is 35.5. The predicted molar refractivity (Wildman–Crippen MR) is 133 cm³/mol. The van der Waals surface area contributed by atoms with Gasteiger partial charge in [0.2, 0.25) is 0 Å². The molecular formula is C24H26Cl4N2. The molecule has 2 N–H and O–H groups in total. The van der Waals surface area contributed by atoms with Gasteiger partial charge in [-0.05, 0) is 66.8 Å². The molecule has 30 heavy (non-hydrogen) atoms. The highest BCUT2D eigenvalue weighted by Crippen LogP contribution is 2.29. The Morgan fingerprint density at radius 2 is 1.33 bits per heavy atom. The molecule has 0 amide bonds. The second-order valence-corrected chi connectivity index (χ2v) is 8.47. The molecule has 0 aliphatic carbocycles. The van der Waals surface area contributed by atoms with Gasteiger partial charge in [-0.15, -0.1) is 12.4 Å². The third-order valence-corrected chi connectivity index (χ3v) is 5.83. The van der Waals surface area contributed by atoms with E-state index < -0.39 is 0 Å². The topological polar surface area (TPSA) is 29.3 Å². The van der Waals surface area contributed by atoms with E-state index in [1.165, 1.54) is 11.1 Å². The number of aryl methyl sites for hydroxylation is 1. The molecule has 0 saturated heterocycles. The van der Waals surface area contributed by atoms with Crippen LogP contribution in [0.4, 0.5) is 5.69 Å². The van der Waals surface area contributed by atoms with Gasteiger partial charge in [-0.1, -0.05) is 77.3 Å². The van der Waals surface area contributed by atoms with Gasteiger partial charge < -0.3 is 5.73 Å². The average Bonchev–Trinajstić information content (AvgIpc) is 2.72. The fourth-order valence-electron chi connectivity index (χ4n) is 3.34. The number of hydrogen-bond acceptors (Lipinski definition) is 2. The van der Waals surface area contributed by atoms with Gasteiger partial charge in [-0.3, -0.25) is 4.90 Å². The molecule has 160 valence electrons. The van der Waals surface area contributed by atoms with Crippen LogP contribution in [0.15, 0.2) is 66.7 Å². The second-order valence-electron chi connectivity index (χ2n) is 7.21. The summed E-state index contributed by atoms with van der Waals surface area (Å²) in [4.78, 5) is 2.48. The second kappa shape index (κ2) is 12.4. The van der Waals surface area contributed by atoms with E-state index in [4.69, 9.17) is 40.5 Å². The first kappa shape index (κ1) is 24.8. The number of benzene rings is 3. The number of nitrogens with zero attached hydrogens (tertiary/aromatic N) is 1. The minimum absolute atomic E-state index is 0. The number of hydrogen-bond donors (Lipinski definition) is 1. The Kier molecular flexibility index (Phi) is 10.3. The molecule has 2 nitrogen and oxygen atoms in total. The Morgan fingerprint density at radius 3 is 1.97 bits per heavy atom. The molecule has 0 aromatic heterocycles. The molecular weight excluding hydrogens is 458 g/mol. The smallest absolute Gasteiger partial charge is 0.0693 e. The standard InChI is InChI=1S/C24H25Cl3N2.ClH/c25-21-10-8-18(9-11-21)7-4-13-29(17-19-5-2-1-3-6-19)14-12-20-15-22(26)24(28)23(27)16-20;/h1-3,5-6,8-11,15-16H,4,7,12-14,17,28H2;1H. The fourth-order valence-corrected chi connectivity index (χ4v) is 4.00. The minimum Gasteiger partial charge on any atom is -0.396 e. The van der Waals surface area contributed by atoms with Crippen molar-refractivity contribution in [2.45, 2.75) is 25.8 Å². The first-order valence-corrected chi connectivity index (χ1v) is 10.9. The third kappa shape index (κ3) is 7.68. The van der Waals surface area contributed by atoms with Crippen LogP contribution in [0.25, 0.3) is 0 Å². The van der Waals surface area contributed by atoms with E-state index >= 15 is 0 Å². The number of anilines is 1. The van der Waals surface area contributed by atoms with Crippen LogP contribution in [0.1, 0.15) is 23.1 Å². The van der Waals surface area contributed by atoms with Crippen LogP contribution < -0.4 is 5.73 Å². The van der Waals surface area contributed by atoms with Crippen molar-refractivity contribution in [3.8, 4) is 0 Å². The fraction of sp³-hybridized carbons (Fsp3) is 0.250.